The van der Waals surface area contributed by atoms with Gasteiger partial charge in [-0.2, -0.15) is 0 Å². The summed E-state index contributed by atoms with van der Waals surface area (Å²) in [7, 11) is 1.27. The number of hydrogen-bond acceptors (Lipinski definition) is 10. The molecule has 0 radical (unpaired) electrons. The molecule has 1 fully saturated rings. The number of oxime groups is 1. The van der Waals surface area contributed by atoms with Crippen molar-refractivity contribution < 1.29 is 53.9 Å². The summed E-state index contributed by atoms with van der Waals surface area (Å²) in [5.41, 5.74) is 5.46. The van der Waals surface area contributed by atoms with Crippen molar-refractivity contribution >= 4 is 51.7 Å². The van der Waals surface area contributed by atoms with Crippen LogP contribution in [0.3, 0.4) is 0 Å². The zero-order valence-electron chi connectivity index (χ0n) is 13.8. The van der Waals surface area contributed by atoms with Gasteiger partial charge in [-0.15, -0.1) is 23.1 Å². The number of nitrogens with one attached hydrogen (secondary N) is 1. The summed E-state index contributed by atoms with van der Waals surface area (Å²) in [5, 5.41) is 18.5. The van der Waals surface area contributed by atoms with Gasteiger partial charge in [0.05, 0.1) is 11.7 Å². The largest absolute Gasteiger partial charge is 1.00 e. The number of carboxylic acid groups (broad SMARTS) is 1. The summed E-state index contributed by atoms with van der Waals surface area (Å²) in [6, 6.07) is -0.876. The Bertz CT molecular complexity index is 811. The average Bonchev–Trinajstić information content (AvgIpc) is 3.02. The number of thiazole rings is 1. The van der Waals surface area contributed by atoms with E-state index in [0.717, 1.165) is 16.2 Å². The second-order valence-electron chi connectivity index (χ2n) is 4.95. The first-order valence-electron chi connectivity index (χ1n) is 6.93. The minimum atomic E-state index is -1.43. The van der Waals surface area contributed by atoms with Crippen LogP contribution >= 0.6 is 23.1 Å². The number of amides is 2. The molecule has 0 spiro atoms. The Balaban J connectivity index is 0.00000243. The number of nitrogens with two attached hydrogens (primary N) is 1. The fourth-order valence-corrected chi connectivity index (χ4v) is 4.17. The molecule has 0 saturated carbocycles. The summed E-state index contributed by atoms with van der Waals surface area (Å²) < 4.78 is 0. The molecule has 2 aliphatic heterocycles. The number of aliphatic carboxylic acids is 1. The van der Waals surface area contributed by atoms with Crippen molar-refractivity contribution in [3.8, 4) is 0 Å². The van der Waals surface area contributed by atoms with Crippen LogP contribution in [-0.4, -0.2) is 57.7 Å². The van der Waals surface area contributed by atoms with Gasteiger partial charge >= 0.3 is 29.6 Å². The maximum atomic E-state index is 12.5. The molecule has 1 aromatic heterocycles. The van der Waals surface area contributed by atoms with Gasteiger partial charge in [0.2, 0.25) is 0 Å². The van der Waals surface area contributed by atoms with E-state index in [0.29, 0.717) is 5.75 Å². The number of β-lactam (4-membered cyclic amide) rings is 1. The average molecular weight is 405 g/mol. The zero-order chi connectivity index (χ0) is 18.1. The van der Waals surface area contributed by atoms with Crippen molar-refractivity contribution in [3.05, 3.63) is 22.8 Å². The topological polar surface area (TPSA) is 150 Å². The van der Waals surface area contributed by atoms with Gasteiger partial charge < -0.3 is 25.8 Å². The van der Waals surface area contributed by atoms with Gasteiger partial charge in [-0.25, -0.2) is 4.98 Å². The molecule has 0 bridgehead atoms. The van der Waals surface area contributed by atoms with E-state index in [4.69, 9.17) is 5.73 Å². The molecule has 132 valence electrons. The van der Waals surface area contributed by atoms with Crippen molar-refractivity contribution in [2.75, 3.05) is 18.6 Å². The molecular weight excluding hydrogens is 393 g/mol. The third-order valence-electron chi connectivity index (χ3n) is 3.50. The molecule has 2 amide bonds. The second-order valence-corrected chi connectivity index (χ2v) is 6.99. The minimum Gasteiger partial charge on any atom is -0.543 e. The number of nitrogen functional groups attached to an aromatic ring is 1. The van der Waals surface area contributed by atoms with E-state index in [1.54, 1.807) is 0 Å². The first-order valence-corrected chi connectivity index (χ1v) is 8.86. The fraction of sp³-hybridized carbons (Fsp3) is 0.308. The Kier molecular flexibility index (Phi) is 6.69. The third-order valence-corrected chi connectivity index (χ3v) is 5.36. The van der Waals surface area contributed by atoms with Gasteiger partial charge in [0, 0.05) is 11.1 Å². The van der Waals surface area contributed by atoms with E-state index in [-0.39, 0.29) is 51.8 Å². The maximum Gasteiger partial charge on any atom is 1.00 e. The Morgan fingerprint density at radius 2 is 2.27 bits per heavy atom. The van der Waals surface area contributed by atoms with E-state index < -0.39 is 29.2 Å². The summed E-state index contributed by atoms with van der Waals surface area (Å²) in [6.45, 7) is 0. The van der Waals surface area contributed by atoms with E-state index in [1.807, 2.05) is 0 Å². The van der Waals surface area contributed by atoms with Gasteiger partial charge in [0.1, 0.15) is 24.2 Å². The van der Waals surface area contributed by atoms with Crippen molar-refractivity contribution in [2.24, 2.45) is 5.16 Å². The first kappa shape index (κ1) is 20.7. The van der Waals surface area contributed by atoms with Crippen LogP contribution in [0.5, 0.6) is 0 Å². The maximum absolute atomic E-state index is 12.5. The Morgan fingerprint density at radius 3 is 2.85 bits per heavy atom. The number of anilines is 1. The quantitative estimate of drug-likeness (QED) is 0.214. The van der Waals surface area contributed by atoms with E-state index in [9.17, 15) is 19.5 Å². The molecular formula is C13H12N5NaO5S2. The zero-order valence-corrected chi connectivity index (χ0v) is 17.4. The number of hydrogen-bond donors (Lipinski definition) is 2. The molecule has 0 aliphatic carbocycles. The number of fused-ring (bicyclic) bond motifs is 1. The van der Waals surface area contributed by atoms with Crippen LogP contribution in [0.4, 0.5) is 5.13 Å². The van der Waals surface area contributed by atoms with Crippen LogP contribution in [0.15, 0.2) is 22.3 Å². The van der Waals surface area contributed by atoms with Gasteiger partial charge in [0.15, 0.2) is 10.8 Å². The molecule has 10 nitrogen and oxygen atoms in total. The molecule has 0 aromatic carbocycles. The molecule has 26 heavy (non-hydrogen) atoms. The number of nitrogens with zero attached hydrogens (tertiary/aromatic N) is 3. The van der Waals surface area contributed by atoms with Gasteiger partial charge in [0.25, 0.3) is 11.8 Å². The SMILES string of the molecule is CON=C(C(=O)N[C@@H]1C(=O)N2C(C(=O)[O-])=CCSC12)c1csc(N)n1.[Na+]. The molecule has 2 atom stereocenters. The smallest absolute Gasteiger partial charge is 0.543 e. The first-order chi connectivity index (χ1) is 11.9. The van der Waals surface area contributed by atoms with Crippen LogP contribution in [0, 0.1) is 0 Å². The molecule has 1 saturated heterocycles. The molecule has 3 rings (SSSR count). The van der Waals surface area contributed by atoms with Crippen LogP contribution in [0.1, 0.15) is 5.69 Å². The molecule has 2 aliphatic rings. The second kappa shape index (κ2) is 8.39. The van der Waals surface area contributed by atoms with E-state index >= 15 is 0 Å². The van der Waals surface area contributed by atoms with Crippen LogP contribution in [-0.2, 0) is 19.2 Å². The molecule has 1 unspecified atom stereocenters. The number of aromatic nitrogens is 1. The number of carbonyl (C=O) groups is 3. The number of thioether (sulfide) groups is 1. The van der Waals surface area contributed by atoms with Crippen molar-refractivity contribution in [1.29, 1.82) is 0 Å². The van der Waals surface area contributed by atoms with Crippen LogP contribution in [0.2, 0.25) is 0 Å². The number of rotatable bonds is 5. The predicted molar refractivity (Wildman–Crippen MR) is 88.2 cm³/mol. The summed E-state index contributed by atoms with van der Waals surface area (Å²) in [5.74, 6) is -2.24. The van der Waals surface area contributed by atoms with Crippen molar-refractivity contribution in [1.82, 2.24) is 15.2 Å². The van der Waals surface area contributed by atoms with Crippen LogP contribution in [0.25, 0.3) is 0 Å². The number of carbonyl (C=O) groups excluding carboxylic acids is 3. The van der Waals surface area contributed by atoms with E-state index in [1.165, 1.54) is 30.3 Å². The third kappa shape index (κ3) is 3.74. The van der Waals surface area contributed by atoms with Crippen molar-refractivity contribution in [2.45, 2.75) is 11.4 Å². The molecule has 3 N–H and O–H groups in total. The van der Waals surface area contributed by atoms with Gasteiger partial charge in [-0.1, -0.05) is 5.16 Å². The van der Waals surface area contributed by atoms with Crippen molar-refractivity contribution in [3.63, 3.8) is 0 Å². The summed E-state index contributed by atoms with van der Waals surface area (Å²) in [6.07, 6.45) is 1.41. The summed E-state index contributed by atoms with van der Waals surface area (Å²) >= 11 is 2.46. The number of carboxylic acids is 1. The van der Waals surface area contributed by atoms with Gasteiger partial charge in [-0.05, 0) is 6.08 Å². The Morgan fingerprint density at radius 1 is 1.54 bits per heavy atom. The Labute approximate surface area is 178 Å². The van der Waals surface area contributed by atoms with Crippen LogP contribution < -0.4 is 45.7 Å². The van der Waals surface area contributed by atoms with Gasteiger partial charge in [-0.3, -0.25) is 14.5 Å². The molecule has 3 heterocycles. The molecule has 1 aromatic rings. The standard InChI is InChI=1S/C13H13N5O5S2.Na/c1-23-17-7(5-4-25-13(14)15-5)9(19)16-8-10(20)18-6(12(21)22)2-3-24-11(8)18;/h2,4,8,11H,3H2,1H3,(H2,14,15)(H,16,19)(H,21,22);/q;+1/p-1/t8-,11?;/m1./s1. The van der Waals surface area contributed by atoms with E-state index in [2.05, 4.69) is 20.3 Å². The normalized spacial score (nSPS) is 21.7. The predicted octanol–water partition coefficient (Wildman–Crippen LogP) is -4.89. The fourth-order valence-electron chi connectivity index (χ4n) is 2.43. The Hall–Kier alpha value is -1.60. The monoisotopic (exact) mass is 405 g/mol. The summed E-state index contributed by atoms with van der Waals surface area (Å²) in [4.78, 5) is 45.5. The molecule has 13 heteroatoms. The minimum absolute atomic E-state index is 0.